The van der Waals surface area contributed by atoms with Crippen molar-refractivity contribution in [1.82, 2.24) is 10.6 Å². The Morgan fingerprint density at radius 2 is 1.04 bits per heavy atom. The summed E-state index contributed by atoms with van der Waals surface area (Å²) in [5.41, 5.74) is 0.898. The first-order valence-electron chi connectivity index (χ1n) is 10.9. The number of carbonyl (C=O) groups is 2. The van der Waals surface area contributed by atoms with Crippen molar-refractivity contribution in [3.05, 3.63) is 35.4 Å². The van der Waals surface area contributed by atoms with Gasteiger partial charge in [0.2, 0.25) is 0 Å². The van der Waals surface area contributed by atoms with Crippen LogP contribution in [0, 0.1) is 11.8 Å². The van der Waals surface area contributed by atoms with Crippen LogP contribution < -0.4 is 10.6 Å². The van der Waals surface area contributed by atoms with Crippen molar-refractivity contribution in [3.63, 3.8) is 0 Å². The molecule has 0 aliphatic rings. The minimum atomic E-state index is -0.171. The van der Waals surface area contributed by atoms with Crippen LogP contribution in [-0.2, 0) is 0 Å². The van der Waals surface area contributed by atoms with Crippen LogP contribution in [0.3, 0.4) is 0 Å². The largest absolute Gasteiger partial charge is 0.350 e. The van der Waals surface area contributed by atoms with Gasteiger partial charge in [-0.3, -0.25) is 9.59 Å². The summed E-state index contributed by atoms with van der Waals surface area (Å²) in [6.07, 6.45) is 6.41. The fraction of sp³-hybridized carbons (Fsp3) is 0.667. The van der Waals surface area contributed by atoms with E-state index in [-0.39, 0.29) is 23.9 Å². The second-order valence-corrected chi connectivity index (χ2v) is 8.94. The zero-order valence-electron chi connectivity index (χ0n) is 18.7. The second kappa shape index (κ2) is 12.6. The zero-order chi connectivity index (χ0) is 21.1. The first kappa shape index (κ1) is 24.2. The minimum absolute atomic E-state index is 0.0947. The van der Waals surface area contributed by atoms with Gasteiger partial charge in [0.15, 0.2) is 0 Å². The molecular formula is C24H40N2O2. The van der Waals surface area contributed by atoms with Crippen molar-refractivity contribution >= 4 is 11.8 Å². The lowest BCUT2D eigenvalue weighted by molar-refractivity contribution is 0.0902. The fourth-order valence-electron chi connectivity index (χ4n) is 3.29. The maximum atomic E-state index is 12.7. The summed E-state index contributed by atoms with van der Waals surface area (Å²) in [7, 11) is 0. The molecule has 0 unspecified atom stereocenters. The molecule has 1 aromatic rings. The number of hydrogen-bond donors (Lipinski definition) is 2. The van der Waals surface area contributed by atoms with Gasteiger partial charge in [-0.1, -0.05) is 65.5 Å². The molecule has 2 N–H and O–H groups in total. The molecule has 28 heavy (non-hydrogen) atoms. The highest BCUT2D eigenvalue weighted by Gasteiger charge is 2.19. The number of rotatable bonds is 12. The number of nitrogens with one attached hydrogen (secondary N) is 2. The predicted octanol–water partition coefficient (Wildman–Crippen LogP) is 5.58. The van der Waals surface area contributed by atoms with Crippen molar-refractivity contribution in [3.8, 4) is 0 Å². The maximum absolute atomic E-state index is 12.7. The van der Waals surface area contributed by atoms with E-state index in [1.54, 1.807) is 24.3 Å². The van der Waals surface area contributed by atoms with Crippen LogP contribution in [0.1, 0.15) is 101 Å². The molecule has 2 amide bonds. The van der Waals surface area contributed by atoms with Crippen LogP contribution in [0.5, 0.6) is 0 Å². The molecule has 4 nitrogen and oxygen atoms in total. The van der Waals surface area contributed by atoms with Crippen molar-refractivity contribution in [2.75, 3.05) is 0 Å². The Labute approximate surface area is 171 Å². The van der Waals surface area contributed by atoms with E-state index >= 15 is 0 Å². The molecule has 2 atom stereocenters. The van der Waals surface area contributed by atoms with E-state index in [4.69, 9.17) is 0 Å². The van der Waals surface area contributed by atoms with Crippen LogP contribution in [0.4, 0.5) is 0 Å². The summed E-state index contributed by atoms with van der Waals surface area (Å²) in [5, 5.41) is 6.09. The third kappa shape index (κ3) is 9.38. The van der Waals surface area contributed by atoms with Gasteiger partial charge in [0, 0.05) is 12.1 Å². The molecule has 1 rings (SSSR count). The number of benzene rings is 1. The van der Waals surface area contributed by atoms with Crippen LogP contribution in [0.25, 0.3) is 0 Å². The van der Waals surface area contributed by atoms with E-state index in [0.717, 1.165) is 38.5 Å². The molecule has 4 heteroatoms. The van der Waals surface area contributed by atoms with Crippen LogP contribution in [0.15, 0.2) is 24.3 Å². The molecule has 0 radical (unpaired) electrons. The Hall–Kier alpha value is -1.84. The SMILES string of the molecule is CC(C)CCC[C@@H](C)NC(=O)c1ccccc1C(=O)N[C@@H](C)CCCC(C)C. The van der Waals surface area contributed by atoms with E-state index in [9.17, 15) is 9.59 Å². The second-order valence-electron chi connectivity index (χ2n) is 8.94. The maximum Gasteiger partial charge on any atom is 0.252 e. The van der Waals surface area contributed by atoms with Gasteiger partial charge in [-0.2, -0.15) is 0 Å². The lowest BCUT2D eigenvalue weighted by Crippen LogP contribution is -2.36. The summed E-state index contributed by atoms with van der Waals surface area (Å²) >= 11 is 0. The van der Waals surface area contributed by atoms with Gasteiger partial charge in [-0.05, 0) is 50.7 Å². The van der Waals surface area contributed by atoms with Gasteiger partial charge >= 0.3 is 0 Å². The van der Waals surface area contributed by atoms with Crippen LogP contribution >= 0.6 is 0 Å². The van der Waals surface area contributed by atoms with Crippen LogP contribution in [-0.4, -0.2) is 23.9 Å². The molecule has 1 aromatic carbocycles. The third-order valence-electron chi connectivity index (χ3n) is 5.01. The molecule has 0 bridgehead atoms. The Morgan fingerprint density at radius 1 is 0.679 bits per heavy atom. The van der Waals surface area contributed by atoms with Gasteiger partial charge in [-0.15, -0.1) is 0 Å². The van der Waals surface area contributed by atoms with E-state index in [0.29, 0.717) is 23.0 Å². The van der Waals surface area contributed by atoms with Crippen LogP contribution in [0.2, 0.25) is 0 Å². The summed E-state index contributed by atoms with van der Waals surface area (Å²) in [4.78, 5) is 25.4. The topological polar surface area (TPSA) is 58.2 Å². The molecule has 158 valence electrons. The molecule has 0 saturated carbocycles. The number of hydrogen-bond acceptors (Lipinski definition) is 2. The Morgan fingerprint density at radius 3 is 1.36 bits per heavy atom. The average Bonchev–Trinajstić information content (AvgIpc) is 2.60. The van der Waals surface area contributed by atoms with E-state index in [1.807, 2.05) is 13.8 Å². The summed E-state index contributed by atoms with van der Waals surface area (Å²) in [5.74, 6) is 1.01. The standard InChI is InChI=1S/C24H40N2O2/c1-17(2)11-9-13-19(5)25-23(27)21-15-7-8-16-22(21)24(28)26-20(6)14-10-12-18(3)4/h7-8,15-20H,9-14H2,1-6H3,(H,25,27)(H,26,28)/t19-,20+. The predicted molar refractivity (Wildman–Crippen MR) is 118 cm³/mol. The van der Waals surface area contributed by atoms with Gasteiger partial charge in [0.1, 0.15) is 0 Å². The summed E-state index contributed by atoms with van der Waals surface area (Å²) in [6.45, 7) is 12.9. The molecule has 0 spiro atoms. The van der Waals surface area contributed by atoms with Crippen molar-refractivity contribution in [1.29, 1.82) is 0 Å². The van der Waals surface area contributed by atoms with E-state index < -0.39 is 0 Å². The summed E-state index contributed by atoms with van der Waals surface area (Å²) in [6, 6.07) is 7.26. The van der Waals surface area contributed by atoms with Crippen molar-refractivity contribution < 1.29 is 9.59 Å². The molecule has 0 aliphatic heterocycles. The van der Waals surface area contributed by atoms with E-state index in [1.165, 1.54) is 0 Å². The molecule has 0 heterocycles. The Kier molecular flexibility index (Phi) is 10.9. The highest BCUT2D eigenvalue weighted by Crippen LogP contribution is 2.13. The Bertz CT molecular complexity index is 557. The minimum Gasteiger partial charge on any atom is -0.350 e. The van der Waals surface area contributed by atoms with Crippen molar-refractivity contribution in [2.24, 2.45) is 11.8 Å². The normalized spacial score (nSPS) is 13.4. The highest BCUT2D eigenvalue weighted by molar-refractivity contribution is 6.07. The zero-order valence-corrected chi connectivity index (χ0v) is 18.7. The molecule has 0 aromatic heterocycles. The number of amides is 2. The first-order valence-corrected chi connectivity index (χ1v) is 10.9. The number of carbonyl (C=O) groups excluding carboxylic acids is 2. The summed E-state index contributed by atoms with van der Waals surface area (Å²) < 4.78 is 0. The van der Waals surface area contributed by atoms with Gasteiger partial charge in [-0.25, -0.2) is 0 Å². The third-order valence-corrected chi connectivity index (χ3v) is 5.01. The molecule has 0 saturated heterocycles. The average molecular weight is 389 g/mol. The lowest BCUT2D eigenvalue weighted by Gasteiger charge is -2.18. The molecule has 0 aliphatic carbocycles. The van der Waals surface area contributed by atoms with Crippen molar-refractivity contribution in [2.45, 2.75) is 92.2 Å². The fourth-order valence-corrected chi connectivity index (χ4v) is 3.29. The van der Waals surface area contributed by atoms with E-state index in [2.05, 4.69) is 38.3 Å². The molecular weight excluding hydrogens is 348 g/mol. The molecule has 0 fully saturated rings. The van der Waals surface area contributed by atoms with Gasteiger partial charge < -0.3 is 10.6 Å². The first-order chi connectivity index (χ1) is 13.2. The highest BCUT2D eigenvalue weighted by atomic mass is 16.2. The smallest absolute Gasteiger partial charge is 0.252 e. The lowest BCUT2D eigenvalue weighted by atomic mass is 10.0. The van der Waals surface area contributed by atoms with Gasteiger partial charge in [0.05, 0.1) is 11.1 Å². The quantitative estimate of drug-likeness (QED) is 0.491. The Balaban J connectivity index is 2.65. The van der Waals surface area contributed by atoms with Gasteiger partial charge in [0.25, 0.3) is 11.8 Å². The monoisotopic (exact) mass is 388 g/mol.